The molecule has 1 aromatic heterocycles. The van der Waals surface area contributed by atoms with Crippen LogP contribution >= 0.6 is 0 Å². The molecule has 1 saturated heterocycles. The molecule has 2 fully saturated rings. The molecule has 1 aliphatic carbocycles. The van der Waals surface area contributed by atoms with E-state index in [1.165, 1.54) is 18.5 Å². The van der Waals surface area contributed by atoms with Crippen molar-refractivity contribution in [1.29, 1.82) is 0 Å². The van der Waals surface area contributed by atoms with Gasteiger partial charge in [0.25, 0.3) is 0 Å². The number of nitrogens with zero attached hydrogens (tertiary/aromatic N) is 4. The number of amides is 1. The molecule has 31 heavy (non-hydrogen) atoms. The maximum absolute atomic E-state index is 12.8. The molecule has 7 heteroatoms. The summed E-state index contributed by atoms with van der Waals surface area (Å²) in [5, 5.41) is 3.66. The van der Waals surface area contributed by atoms with E-state index < -0.39 is 0 Å². The van der Waals surface area contributed by atoms with Crippen molar-refractivity contribution >= 4 is 23.1 Å². The molecule has 0 spiro atoms. The predicted molar refractivity (Wildman–Crippen MR) is 121 cm³/mol. The number of carbonyl (C=O) groups excluding carboxylic acids is 1. The van der Waals surface area contributed by atoms with E-state index in [4.69, 9.17) is 4.74 Å². The van der Waals surface area contributed by atoms with Gasteiger partial charge in [-0.15, -0.1) is 0 Å². The lowest BCUT2D eigenvalue weighted by molar-refractivity contribution is -0.117. The van der Waals surface area contributed by atoms with Crippen molar-refractivity contribution in [3.8, 4) is 0 Å². The second-order valence-electron chi connectivity index (χ2n) is 9.08. The summed E-state index contributed by atoms with van der Waals surface area (Å²) in [6, 6.07) is 6.82. The molecule has 0 radical (unpaired) electrons. The highest BCUT2D eigenvalue weighted by Crippen LogP contribution is 2.50. The van der Waals surface area contributed by atoms with Gasteiger partial charge in [0, 0.05) is 48.9 Å². The number of carbonyl (C=O) groups is 1. The average Bonchev–Trinajstić information content (AvgIpc) is 3.62. The molecule has 1 saturated carbocycles. The molecule has 1 amide bonds. The van der Waals surface area contributed by atoms with Gasteiger partial charge in [0.15, 0.2) is 0 Å². The number of ether oxygens (including phenoxy) is 1. The van der Waals surface area contributed by atoms with Gasteiger partial charge in [-0.05, 0) is 43.9 Å². The molecular formula is C24H31N5O2. The van der Waals surface area contributed by atoms with Crippen LogP contribution in [0.25, 0.3) is 0 Å². The molecule has 1 aromatic carbocycles. The smallest absolute Gasteiger partial charge is 0.224 e. The number of aromatic nitrogens is 2. The van der Waals surface area contributed by atoms with Gasteiger partial charge < -0.3 is 19.9 Å². The first-order chi connectivity index (χ1) is 15.0. The highest BCUT2D eigenvalue weighted by Gasteiger charge is 2.47. The fourth-order valence-electron chi connectivity index (χ4n) is 5.20. The normalized spacial score (nSPS) is 25.8. The molecular weight excluding hydrogens is 390 g/mol. The van der Waals surface area contributed by atoms with Crippen molar-refractivity contribution in [1.82, 2.24) is 9.97 Å². The van der Waals surface area contributed by atoms with Gasteiger partial charge in [-0.2, -0.15) is 0 Å². The van der Waals surface area contributed by atoms with Crippen molar-refractivity contribution in [3.63, 3.8) is 0 Å². The molecule has 3 aliphatic rings. The van der Waals surface area contributed by atoms with Gasteiger partial charge >= 0.3 is 0 Å². The van der Waals surface area contributed by atoms with Crippen molar-refractivity contribution in [3.05, 3.63) is 41.9 Å². The Morgan fingerprint density at radius 3 is 2.58 bits per heavy atom. The number of benzene rings is 1. The van der Waals surface area contributed by atoms with Crippen LogP contribution in [0.2, 0.25) is 0 Å². The SMILES string of the molecule is CC(=O)N1c2ccc(N3CCOCC3)cc2C(Nc2cnc(C)cn2)[C@@H](C)C1C1CC1. The molecule has 164 valence electrons. The number of aryl methyl sites for hydroxylation is 1. The van der Waals surface area contributed by atoms with Gasteiger partial charge in [-0.1, -0.05) is 6.92 Å². The topological polar surface area (TPSA) is 70.6 Å². The molecule has 1 N–H and O–H groups in total. The third-order valence-electron chi connectivity index (χ3n) is 6.87. The molecule has 5 rings (SSSR count). The van der Waals surface area contributed by atoms with Crippen LogP contribution in [0.5, 0.6) is 0 Å². The van der Waals surface area contributed by atoms with E-state index in [0.717, 1.165) is 49.1 Å². The fourth-order valence-corrected chi connectivity index (χ4v) is 5.20. The third kappa shape index (κ3) is 3.87. The van der Waals surface area contributed by atoms with E-state index in [0.29, 0.717) is 5.92 Å². The number of morpholine rings is 1. The van der Waals surface area contributed by atoms with Gasteiger partial charge in [0.05, 0.1) is 37.3 Å². The van der Waals surface area contributed by atoms with Gasteiger partial charge in [0.1, 0.15) is 5.82 Å². The predicted octanol–water partition coefficient (Wildman–Crippen LogP) is 3.56. The average molecular weight is 422 g/mol. The first kappa shape index (κ1) is 20.2. The van der Waals surface area contributed by atoms with Crippen LogP contribution in [-0.2, 0) is 9.53 Å². The second kappa shape index (κ2) is 8.11. The standard InChI is InChI=1S/C24H31N5O2/c1-15-13-26-22(14-25-15)27-23-16(2)24(18-4-5-18)29(17(3)30)21-7-6-19(12-20(21)23)28-8-10-31-11-9-28/h6-7,12-14,16,18,23-24H,4-5,8-11H2,1-3H3,(H,26,27)/t16-,23?,24?/m1/s1. The van der Waals surface area contributed by atoms with E-state index >= 15 is 0 Å². The van der Waals surface area contributed by atoms with Crippen molar-refractivity contribution in [2.45, 2.75) is 45.7 Å². The molecule has 2 unspecified atom stereocenters. The van der Waals surface area contributed by atoms with Gasteiger partial charge in [0.2, 0.25) is 5.91 Å². The van der Waals surface area contributed by atoms with Crippen LogP contribution in [0.1, 0.15) is 44.0 Å². The summed E-state index contributed by atoms with van der Waals surface area (Å²) in [7, 11) is 0. The number of fused-ring (bicyclic) bond motifs is 1. The monoisotopic (exact) mass is 421 g/mol. The van der Waals surface area contributed by atoms with Crippen LogP contribution in [0.3, 0.4) is 0 Å². The number of nitrogens with one attached hydrogen (secondary N) is 1. The number of hydrogen-bond acceptors (Lipinski definition) is 6. The van der Waals surface area contributed by atoms with Crippen LogP contribution < -0.4 is 15.1 Å². The molecule has 2 aliphatic heterocycles. The zero-order chi connectivity index (χ0) is 21.5. The Hall–Kier alpha value is -2.67. The van der Waals surface area contributed by atoms with Crippen molar-refractivity contribution < 1.29 is 9.53 Å². The quantitative estimate of drug-likeness (QED) is 0.814. The highest BCUT2D eigenvalue weighted by molar-refractivity contribution is 5.94. The largest absolute Gasteiger partial charge is 0.378 e. The molecule has 7 nitrogen and oxygen atoms in total. The Labute approximate surface area is 183 Å². The lowest BCUT2D eigenvalue weighted by Gasteiger charge is -2.46. The number of rotatable bonds is 4. The van der Waals surface area contributed by atoms with Crippen LogP contribution in [0.4, 0.5) is 17.2 Å². The Morgan fingerprint density at radius 1 is 1.16 bits per heavy atom. The zero-order valence-electron chi connectivity index (χ0n) is 18.5. The van der Waals surface area contributed by atoms with Crippen molar-refractivity contribution in [2.24, 2.45) is 11.8 Å². The highest BCUT2D eigenvalue weighted by atomic mass is 16.5. The zero-order valence-corrected chi connectivity index (χ0v) is 18.5. The Kier molecular flexibility index (Phi) is 5.30. The minimum absolute atomic E-state index is 0.0641. The lowest BCUT2D eigenvalue weighted by atomic mass is 9.79. The van der Waals surface area contributed by atoms with E-state index in [1.54, 1.807) is 19.3 Å². The van der Waals surface area contributed by atoms with Crippen molar-refractivity contribution in [2.75, 3.05) is 41.4 Å². The summed E-state index contributed by atoms with van der Waals surface area (Å²) in [5.74, 6) is 1.72. The lowest BCUT2D eigenvalue weighted by Crippen LogP contribution is -2.51. The minimum Gasteiger partial charge on any atom is -0.378 e. The molecule has 3 heterocycles. The first-order valence-electron chi connectivity index (χ1n) is 11.3. The van der Waals surface area contributed by atoms with E-state index in [1.807, 2.05) is 6.92 Å². The molecule has 0 bridgehead atoms. The maximum Gasteiger partial charge on any atom is 0.224 e. The summed E-state index contributed by atoms with van der Waals surface area (Å²) < 4.78 is 5.53. The van der Waals surface area contributed by atoms with Crippen LogP contribution in [0, 0.1) is 18.8 Å². The second-order valence-corrected chi connectivity index (χ2v) is 9.08. The van der Waals surface area contributed by atoms with E-state index in [-0.39, 0.29) is 23.9 Å². The van der Waals surface area contributed by atoms with Crippen LogP contribution in [0.15, 0.2) is 30.6 Å². The number of hydrogen-bond donors (Lipinski definition) is 1. The molecule has 2 aromatic rings. The Morgan fingerprint density at radius 2 is 1.94 bits per heavy atom. The minimum atomic E-state index is 0.0641. The summed E-state index contributed by atoms with van der Waals surface area (Å²) in [5.41, 5.74) is 4.27. The van der Waals surface area contributed by atoms with Gasteiger partial charge in [-0.25, -0.2) is 4.98 Å². The number of anilines is 3. The summed E-state index contributed by atoms with van der Waals surface area (Å²) in [6.45, 7) is 9.17. The van der Waals surface area contributed by atoms with Gasteiger partial charge in [-0.3, -0.25) is 9.78 Å². The first-order valence-corrected chi connectivity index (χ1v) is 11.3. The maximum atomic E-state index is 12.8. The Balaban J connectivity index is 1.57. The summed E-state index contributed by atoms with van der Waals surface area (Å²) in [4.78, 5) is 26.2. The summed E-state index contributed by atoms with van der Waals surface area (Å²) >= 11 is 0. The van der Waals surface area contributed by atoms with E-state index in [9.17, 15) is 4.79 Å². The van der Waals surface area contributed by atoms with Crippen LogP contribution in [-0.4, -0.2) is 48.2 Å². The van der Waals surface area contributed by atoms with E-state index in [2.05, 4.69) is 50.2 Å². The third-order valence-corrected chi connectivity index (χ3v) is 6.87. The fraction of sp³-hybridized carbons (Fsp3) is 0.542. The summed E-state index contributed by atoms with van der Waals surface area (Å²) in [6.07, 6.45) is 5.98. The molecule has 3 atom stereocenters. The Bertz CT molecular complexity index is 953.